The summed E-state index contributed by atoms with van der Waals surface area (Å²) in [7, 11) is 2.00. The first kappa shape index (κ1) is 15.4. The molecule has 1 saturated heterocycles. The number of likely N-dealkylation sites (tertiary alicyclic amines) is 1. The Balaban J connectivity index is 2.15. The number of nitrogens with zero attached hydrogens (tertiary/aromatic N) is 1. The van der Waals surface area contributed by atoms with Crippen molar-refractivity contribution in [2.45, 2.75) is 31.8 Å². The Kier molecular flexibility index (Phi) is 4.49. The van der Waals surface area contributed by atoms with E-state index in [1.807, 2.05) is 7.05 Å². The van der Waals surface area contributed by atoms with E-state index in [0.29, 0.717) is 16.2 Å². The topological polar surface area (TPSA) is 24.5 Å². The second kappa shape index (κ2) is 5.81. The highest BCUT2D eigenvalue weighted by molar-refractivity contribution is 9.10. The average Bonchev–Trinajstić information content (AvgIpc) is 2.60. The Morgan fingerprint density at radius 2 is 2.10 bits per heavy atom. The molecule has 2 atom stereocenters. The maximum absolute atomic E-state index is 12.4. The SMILES string of the molecule is CC1CC(Nc2ccc(Br)cc2OC(F)(F)F)CN1C. The fraction of sp³-hybridized carbons (Fsp3) is 0.538. The molecule has 0 aliphatic carbocycles. The first-order chi connectivity index (χ1) is 9.24. The van der Waals surface area contributed by atoms with Gasteiger partial charge >= 0.3 is 6.36 Å². The van der Waals surface area contributed by atoms with Crippen molar-refractivity contribution >= 4 is 21.6 Å². The first-order valence-electron chi connectivity index (χ1n) is 6.26. The van der Waals surface area contributed by atoms with Crippen LogP contribution in [0.5, 0.6) is 5.75 Å². The highest BCUT2D eigenvalue weighted by Crippen LogP contribution is 2.34. The normalized spacial score (nSPS) is 23.9. The molecule has 3 nitrogen and oxygen atoms in total. The third kappa shape index (κ3) is 4.02. The van der Waals surface area contributed by atoms with Gasteiger partial charge in [0.05, 0.1) is 5.69 Å². The standard InChI is InChI=1S/C13H16BrF3N2O/c1-8-5-10(7-19(8)2)18-11-4-3-9(14)6-12(11)20-13(15,16)17/h3-4,6,8,10,18H,5,7H2,1-2H3. The van der Waals surface area contributed by atoms with Crippen LogP contribution in [-0.4, -0.2) is 36.9 Å². The Morgan fingerprint density at radius 3 is 2.65 bits per heavy atom. The third-order valence-corrected chi connectivity index (χ3v) is 3.91. The molecule has 1 aromatic carbocycles. The van der Waals surface area contributed by atoms with Gasteiger partial charge in [0.2, 0.25) is 0 Å². The lowest BCUT2D eigenvalue weighted by Crippen LogP contribution is -2.25. The number of likely N-dealkylation sites (N-methyl/N-ethyl adjacent to an activating group) is 1. The maximum atomic E-state index is 12.4. The largest absolute Gasteiger partial charge is 0.573 e. The molecule has 1 N–H and O–H groups in total. The van der Waals surface area contributed by atoms with Gasteiger partial charge in [0.25, 0.3) is 0 Å². The predicted octanol–water partition coefficient (Wildman–Crippen LogP) is 3.85. The van der Waals surface area contributed by atoms with E-state index in [0.717, 1.165) is 13.0 Å². The Hall–Kier alpha value is -0.950. The second-order valence-corrected chi connectivity index (χ2v) is 5.97. The Morgan fingerprint density at radius 1 is 1.40 bits per heavy atom. The van der Waals surface area contributed by atoms with Crippen LogP contribution in [0.3, 0.4) is 0 Å². The number of rotatable bonds is 3. The first-order valence-corrected chi connectivity index (χ1v) is 7.06. The third-order valence-electron chi connectivity index (χ3n) is 3.42. The van der Waals surface area contributed by atoms with Crippen molar-refractivity contribution in [2.24, 2.45) is 0 Å². The van der Waals surface area contributed by atoms with Crippen molar-refractivity contribution in [1.82, 2.24) is 4.90 Å². The summed E-state index contributed by atoms with van der Waals surface area (Å²) in [5.41, 5.74) is 0.359. The summed E-state index contributed by atoms with van der Waals surface area (Å²) < 4.78 is 41.9. The van der Waals surface area contributed by atoms with E-state index in [1.165, 1.54) is 6.07 Å². The maximum Gasteiger partial charge on any atom is 0.573 e. The predicted molar refractivity (Wildman–Crippen MR) is 74.9 cm³/mol. The zero-order valence-electron chi connectivity index (χ0n) is 11.2. The van der Waals surface area contributed by atoms with E-state index in [2.05, 4.69) is 37.8 Å². The van der Waals surface area contributed by atoms with E-state index in [-0.39, 0.29) is 11.8 Å². The Bertz CT molecular complexity index is 471. The molecule has 0 bridgehead atoms. The minimum Gasteiger partial charge on any atom is -0.404 e. The number of alkyl halides is 3. The molecule has 0 aromatic heterocycles. The molecule has 0 amide bonds. The highest BCUT2D eigenvalue weighted by atomic mass is 79.9. The van der Waals surface area contributed by atoms with Gasteiger partial charge in [0.15, 0.2) is 5.75 Å². The van der Waals surface area contributed by atoms with Crippen LogP contribution in [0.25, 0.3) is 0 Å². The highest BCUT2D eigenvalue weighted by Gasteiger charge is 2.33. The van der Waals surface area contributed by atoms with E-state index in [4.69, 9.17) is 0 Å². The van der Waals surface area contributed by atoms with Gasteiger partial charge in [-0.2, -0.15) is 0 Å². The molecule has 1 aromatic rings. The van der Waals surface area contributed by atoms with Crippen molar-refractivity contribution in [1.29, 1.82) is 0 Å². The summed E-state index contributed by atoms with van der Waals surface area (Å²) in [5.74, 6) is -0.214. The van der Waals surface area contributed by atoms with Crippen molar-refractivity contribution in [3.8, 4) is 5.75 Å². The van der Waals surface area contributed by atoms with Crippen LogP contribution in [0.4, 0.5) is 18.9 Å². The molecule has 1 aliphatic rings. The average molecular weight is 353 g/mol. The van der Waals surface area contributed by atoms with Gasteiger partial charge in [-0.1, -0.05) is 15.9 Å². The zero-order valence-corrected chi connectivity index (χ0v) is 12.8. The fourth-order valence-electron chi connectivity index (χ4n) is 2.34. The molecule has 0 spiro atoms. The van der Waals surface area contributed by atoms with E-state index in [9.17, 15) is 13.2 Å². The van der Waals surface area contributed by atoms with Crippen molar-refractivity contribution in [2.75, 3.05) is 18.9 Å². The minimum atomic E-state index is -4.70. The quantitative estimate of drug-likeness (QED) is 0.893. The molecule has 0 saturated carbocycles. The molecule has 0 radical (unpaired) electrons. The smallest absolute Gasteiger partial charge is 0.404 e. The number of anilines is 1. The molecule has 1 fully saturated rings. The van der Waals surface area contributed by atoms with E-state index < -0.39 is 6.36 Å². The van der Waals surface area contributed by atoms with Crippen molar-refractivity contribution < 1.29 is 17.9 Å². The molecule has 112 valence electrons. The molecule has 7 heteroatoms. The summed E-state index contributed by atoms with van der Waals surface area (Å²) >= 11 is 3.15. The van der Waals surface area contributed by atoms with Crippen LogP contribution < -0.4 is 10.1 Å². The minimum absolute atomic E-state index is 0.117. The number of hydrogen-bond acceptors (Lipinski definition) is 3. The summed E-state index contributed by atoms with van der Waals surface area (Å²) in [6.45, 7) is 2.89. The van der Waals surface area contributed by atoms with Gasteiger partial charge in [-0.25, -0.2) is 0 Å². The van der Waals surface area contributed by atoms with Crippen LogP contribution in [0.1, 0.15) is 13.3 Å². The molecule has 2 rings (SSSR count). The molecule has 1 heterocycles. The lowest BCUT2D eigenvalue weighted by Gasteiger charge is -2.18. The van der Waals surface area contributed by atoms with Gasteiger partial charge in [0.1, 0.15) is 0 Å². The van der Waals surface area contributed by atoms with Crippen molar-refractivity contribution in [3.05, 3.63) is 22.7 Å². The number of halogens is 4. The molecule has 20 heavy (non-hydrogen) atoms. The molecule has 2 unspecified atom stereocenters. The van der Waals surface area contributed by atoms with Crippen LogP contribution in [0.2, 0.25) is 0 Å². The lowest BCUT2D eigenvalue weighted by atomic mass is 10.2. The van der Waals surface area contributed by atoms with Gasteiger partial charge < -0.3 is 15.0 Å². The fourth-order valence-corrected chi connectivity index (χ4v) is 2.68. The molecular weight excluding hydrogens is 337 g/mol. The number of ether oxygens (including phenoxy) is 1. The number of hydrogen-bond donors (Lipinski definition) is 1. The summed E-state index contributed by atoms with van der Waals surface area (Å²) in [6.07, 6.45) is -3.81. The lowest BCUT2D eigenvalue weighted by molar-refractivity contribution is -0.274. The van der Waals surface area contributed by atoms with Crippen LogP contribution in [0.15, 0.2) is 22.7 Å². The summed E-state index contributed by atoms with van der Waals surface area (Å²) in [4.78, 5) is 2.17. The van der Waals surface area contributed by atoms with Gasteiger partial charge in [0, 0.05) is 23.1 Å². The Labute approximate surface area is 124 Å². The van der Waals surface area contributed by atoms with Crippen LogP contribution >= 0.6 is 15.9 Å². The monoisotopic (exact) mass is 352 g/mol. The second-order valence-electron chi connectivity index (χ2n) is 5.05. The van der Waals surface area contributed by atoms with E-state index >= 15 is 0 Å². The van der Waals surface area contributed by atoms with Gasteiger partial charge in [-0.3, -0.25) is 0 Å². The molecular formula is C13H16BrF3N2O. The number of nitrogens with one attached hydrogen (secondary N) is 1. The van der Waals surface area contributed by atoms with Crippen LogP contribution in [-0.2, 0) is 0 Å². The van der Waals surface area contributed by atoms with Gasteiger partial charge in [-0.05, 0) is 38.6 Å². The summed E-state index contributed by atoms with van der Waals surface area (Å²) in [6, 6.07) is 5.13. The van der Waals surface area contributed by atoms with Gasteiger partial charge in [-0.15, -0.1) is 13.2 Å². The number of benzene rings is 1. The van der Waals surface area contributed by atoms with E-state index in [1.54, 1.807) is 12.1 Å². The van der Waals surface area contributed by atoms with Crippen molar-refractivity contribution in [3.63, 3.8) is 0 Å². The zero-order chi connectivity index (χ0) is 14.9. The van der Waals surface area contributed by atoms with Crippen LogP contribution in [0, 0.1) is 0 Å². The molecule has 1 aliphatic heterocycles. The summed E-state index contributed by atoms with van der Waals surface area (Å²) in [5, 5.41) is 3.13.